The van der Waals surface area contributed by atoms with Crippen molar-refractivity contribution in [3.8, 4) is 17.0 Å². The molecule has 2 N–H and O–H groups in total. The van der Waals surface area contributed by atoms with E-state index in [4.69, 9.17) is 16.3 Å². The fourth-order valence-corrected chi connectivity index (χ4v) is 4.81. The summed E-state index contributed by atoms with van der Waals surface area (Å²) in [5, 5.41) is 27.5. The Bertz CT molecular complexity index is 1330. The Morgan fingerprint density at radius 3 is 2.65 bits per heavy atom. The van der Waals surface area contributed by atoms with Crippen molar-refractivity contribution >= 4 is 17.3 Å². The molecule has 1 fully saturated rings. The summed E-state index contributed by atoms with van der Waals surface area (Å²) in [7, 11) is 0. The van der Waals surface area contributed by atoms with Crippen molar-refractivity contribution in [3.63, 3.8) is 0 Å². The second-order valence-electron chi connectivity index (χ2n) is 8.96. The largest absolute Gasteiger partial charge is 0.469 e. The second kappa shape index (κ2) is 11.1. The highest BCUT2D eigenvalue weighted by atomic mass is 35.5. The summed E-state index contributed by atoms with van der Waals surface area (Å²) in [4.78, 5) is 18.0. The van der Waals surface area contributed by atoms with Crippen LogP contribution in [0, 0.1) is 19.7 Å². The summed E-state index contributed by atoms with van der Waals surface area (Å²) < 4.78 is 38.3. The van der Waals surface area contributed by atoms with Crippen LogP contribution >= 0.6 is 11.6 Å². The number of hydrogen-bond acceptors (Lipinski definition) is 8. The molecule has 0 bridgehead atoms. The second-order valence-corrected chi connectivity index (χ2v) is 9.34. The highest BCUT2D eigenvalue weighted by molar-refractivity contribution is 6.33. The van der Waals surface area contributed by atoms with Gasteiger partial charge < -0.3 is 19.8 Å². The van der Waals surface area contributed by atoms with Crippen molar-refractivity contribution in [3.05, 3.63) is 51.0 Å². The maximum absolute atomic E-state index is 15.0. The topological polar surface area (TPSA) is 119 Å². The van der Waals surface area contributed by atoms with E-state index in [9.17, 15) is 23.8 Å². The summed E-state index contributed by atoms with van der Waals surface area (Å²) in [6, 6.07) is 0.703. The zero-order chi connectivity index (χ0) is 26.9. The van der Waals surface area contributed by atoms with E-state index in [1.165, 1.54) is 21.6 Å². The number of alkyl halides is 1. The van der Waals surface area contributed by atoms with E-state index in [0.29, 0.717) is 35.6 Å². The molecule has 200 valence electrons. The molecular weight excluding hydrogens is 510 g/mol. The Hall–Kier alpha value is -3.09. The molecule has 0 aromatic carbocycles. The predicted molar refractivity (Wildman–Crippen MR) is 133 cm³/mol. The molecule has 2 atom stereocenters. The van der Waals surface area contributed by atoms with Gasteiger partial charge in [-0.15, -0.1) is 0 Å². The SMILES string of the molecule is CCCn1ncc(N2C[C@H](Oc3cc(-c4c(C)nn(C(CO)CO)c4C)c(F)cn3)[C@@H](F)C2)c(Cl)c1=O. The fourth-order valence-electron chi connectivity index (χ4n) is 4.54. The number of aromatic nitrogens is 5. The van der Waals surface area contributed by atoms with Gasteiger partial charge in [-0.2, -0.15) is 10.2 Å². The summed E-state index contributed by atoms with van der Waals surface area (Å²) >= 11 is 6.28. The summed E-state index contributed by atoms with van der Waals surface area (Å²) in [6.45, 7) is 5.06. The van der Waals surface area contributed by atoms with Crippen molar-refractivity contribution < 1.29 is 23.7 Å². The van der Waals surface area contributed by atoms with Crippen LogP contribution in [0.3, 0.4) is 0 Å². The first-order valence-corrected chi connectivity index (χ1v) is 12.3. The highest BCUT2D eigenvalue weighted by Gasteiger charge is 2.37. The Labute approximate surface area is 217 Å². The van der Waals surface area contributed by atoms with E-state index in [-0.39, 0.29) is 42.8 Å². The minimum atomic E-state index is -1.43. The molecule has 0 amide bonds. The van der Waals surface area contributed by atoms with E-state index in [2.05, 4.69) is 15.2 Å². The zero-order valence-electron chi connectivity index (χ0n) is 20.7. The number of nitrogens with zero attached hydrogens (tertiary/aromatic N) is 6. The van der Waals surface area contributed by atoms with Gasteiger partial charge in [-0.05, 0) is 20.3 Å². The first kappa shape index (κ1) is 27.0. The summed E-state index contributed by atoms with van der Waals surface area (Å²) in [5.41, 5.74) is 1.51. The molecule has 0 aliphatic carbocycles. The van der Waals surface area contributed by atoms with E-state index >= 15 is 0 Å². The number of halogens is 3. The van der Waals surface area contributed by atoms with Crippen molar-refractivity contribution in [2.24, 2.45) is 0 Å². The molecule has 1 aliphatic rings. The van der Waals surface area contributed by atoms with Crippen LogP contribution in [-0.4, -0.2) is 73.3 Å². The maximum atomic E-state index is 15.0. The standard InChI is InChI=1S/C24H29ClF2N6O4/c1-4-5-32-24(36)23(25)19(8-29-32)31-9-18(27)20(10-31)37-21-6-16(17(26)7-28-21)22-13(2)30-33(14(22)3)15(11-34)12-35/h6-8,15,18,20,34-35H,4-5,9-12H2,1-3H3/t18-,20-/m0/s1. The van der Waals surface area contributed by atoms with E-state index < -0.39 is 29.7 Å². The van der Waals surface area contributed by atoms with Gasteiger partial charge in [0.1, 0.15) is 10.8 Å². The molecule has 10 nitrogen and oxygen atoms in total. The Morgan fingerprint density at radius 1 is 1.24 bits per heavy atom. The number of anilines is 1. The van der Waals surface area contributed by atoms with Gasteiger partial charge in [0.15, 0.2) is 12.3 Å². The molecule has 4 rings (SSSR count). The molecule has 3 aromatic heterocycles. The van der Waals surface area contributed by atoms with Gasteiger partial charge in [0, 0.05) is 29.4 Å². The Balaban J connectivity index is 1.58. The number of aryl methyl sites for hydroxylation is 2. The lowest BCUT2D eigenvalue weighted by Gasteiger charge is -2.19. The molecule has 1 aliphatic heterocycles. The fraction of sp³-hybridized carbons (Fsp3) is 0.500. The van der Waals surface area contributed by atoms with Crippen LogP contribution in [0.15, 0.2) is 23.3 Å². The third-order valence-corrected chi connectivity index (χ3v) is 6.76. The van der Waals surface area contributed by atoms with Crippen molar-refractivity contribution in [1.82, 2.24) is 24.5 Å². The normalized spacial score (nSPS) is 17.7. The zero-order valence-corrected chi connectivity index (χ0v) is 21.5. The molecule has 1 saturated heterocycles. The first-order chi connectivity index (χ1) is 17.7. The maximum Gasteiger partial charge on any atom is 0.287 e. The molecule has 4 heterocycles. The lowest BCUT2D eigenvalue weighted by atomic mass is 10.0. The monoisotopic (exact) mass is 538 g/mol. The minimum absolute atomic E-state index is 0.0147. The van der Waals surface area contributed by atoms with Crippen LogP contribution in [0.4, 0.5) is 14.5 Å². The molecule has 37 heavy (non-hydrogen) atoms. The third-order valence-electron chi connectivity index (χ3n) is 6.41. The van der Waals surface area contributed by atoms with Gasteiger partial charge in [-0.25, -0.2) is 18.4 Å². The molecule has 3 aromatic rings. The summed E-state index contributed by atoms with van der Waals surface area (Å²) in [5.74, 6) is -0.612. The molecule has 0 radical (unpaired) electrons. The lowest BCUT2D eigenvalue weighted by Crippen LogP contribution is -2.30. The Morgan fingerprint density at radius 2 is 1.97 bits per heavy atom. The van der Waals surface area contributed by atoms with E-state index in [1.807, 2.05) is 6.92 Å². The quantitative estimate of drug-likeness (QED) is 0.426. The van der Waals surface area contributed by atoms with Crippen LogP contribution in [0.2, 0.25) is 5.02 Å². The average Bonchev–Trinajstić information content (AvgIpc) is 3.37. The first-order valence-electron chi connectivity index (χ1n) is 11.9. The molecule has 13 heteroatoms. The van der Waals surface area contributed by atoms with Crippen LogP contribution in [0.5, 0.6) is 5.88 Å². The van der Waals surface area contributed by atoms with E-state index in [1.54, 1.807) is 18.7 Å². The number of aliphatic hydroxyl groups is 2. The van der Waals surface area contributed by atoms with Crippen LogP contribution in [-0.2, 0) is 6.54 Å². The summed E-state index contributed by atoms with van der Waals surface area (Å²) in [6.07, 6.45) is 0.774. The molecule has 0 saturated carbocycles. The van der Waals surface area contributed by atoms with Crippen molar-refractivity contribution in [2.45, 2.75) is 52.1 Å². The van der Waals surface area contributed by atoms with Crippen LogP contribution < -0.4 is 15.2 Å². The number of hydrogen-bond donors (Lipinski definition) is 2. The smallest absolute Gasteiger partial charge is 0.287 e. The van der Waals surface area contributed by atoms with Gasteiger partial charge in [-0.3, -0.25) is 9.48 Å². The molecule has 0 unspecified atom stereocenters. The highest BCUT2D eigenvalue weighted by Crippen LogP contribution is 2.34. The lowest BCUT2D eigenvalue weighted by molar-refractivity contribution is 0.134. The van der Waals surface area contributed by atoms with Gasteiger partial charge >= 0.3 is 0 Å². The molecular formula is C24H29ClF2N6O4. The number of ether oxygens (including phenoxy) is 1. The minimum Gasteiger partial charge on any atom is -0.469 e. The van der Waals surface area contributed by atoms with E-state index in [0.717, 1.165) is 6.20 Å². The van der Waals surface area contributed by atoms with Crippen LogP contribution in [0.25, 0.3) is 11.1 Å². The van der Waals surface area contributed by atoms with Gasteiger partial charge in [0.2, 0.25) is 5.88 Å². The third kappa shape index (κ3) is 5.18. The number of rotatable bonds is 9. The van der Waals surface area contributed by atoms with Crippen molar-refractivity contribution in [2.75, 3.05) is 31.2 Å². The predicted octanol–water partition coefficient (Wildman–Crippen LogP) is 2.45. The number of aliphatic hydroxyl groups excluding tert-OH is 2. The van der Waals surface area contributed by atoms with Crippen molar-refractivity contribution in [1.29, 1.82) is 0 Å². The van der Waals surface area contributed by atoms with Crippen LogP contribution in [0.1, 0.15) is 30.8 Å². The number of pyridine rings is 1. The Kier molecular flexibility index (Phi) is 8.10. The van der Waals surface area contributed by atoms with Gasteiger partial charge in [0.05, 0.1) is 56.1 Å². The van der Waals surface area contributed by atoms with Gasteiger partial charge in [-0.1, -0.05) is 18.5 Å². The van der Waals surface area contributed by atoms with Gasteiger partial charge in [0.25, 0.3) is 5.56 Å². The molecule has 0 spiro atoms. The average molecular weight is 539 g/mol.